The molecule has 0 saturated carbocycles. The number of fused-ring (bicyclic) bond motifs is 2. The quantitative estimate of drug-likeness (QED) is 0.540. The lowest BCUT2D eigenvalue weighted by Crippen LogP contribution is -2.47. The smallest absolute Gasteiger partial charge is 0.231 e. The Balaban J connectivity index is 1.15. The largest absolute Gasteiger partial charge is 0.497 e. The van der Waals surface area contributed by atoms with Crippen LogP contribution in [-0.4, -0.2) is 62.7 Å². The third-order valence-corrected chi connectivity index (χ3v) is 6.50. The van der Waals surface area contributed by atoms with Crippen molar-refractivity contribution in [2.45, 2.75) is 19.1 Å². The zero-order chi connectivity index (χ0) is 22.6. The highest BCUT2D eigenvalue weighted by atomic mass is 35.5. The second-order valence-corrected chi connectivity index (χ2v) is 8.74. The summed E-state index contributed by atoms with van der Waals surface area (Å²) in [6.07, 6.45) is 2.74. The Morgan fingerprint density at radius 2 is 2.09 bits per heavy atom. The molecule has 8 heteroatoms. The van der Waals surface area contributed by atoms with Gasteiger partial charge in [0, 0.05) is 44.3 Å². The van der Waals surface area contributed by atoms with Crippen LogP contribution in [0.15, 0.2) is 42.6 Å². The molecule has 5 rings (SSSR count). The summed E-state index contributed by atoms with van der Waals surface area (Å²) < 4.78 is 22.2. The molecule has 3 heterocycles. The minimum Gasteiger partial charge on any atom is -0.497 e. The Morgan fingerprint density at radius 3 is 3.00 bits per heavy atom. The summed E-state index contributed by atoms with van der Waals surface area (Å²) in [6, 6.07) is 12.0. The van der Waals surface area contributed by atoms with Gasteiger partial charge in [0.1, 0.15) is 5.75 Å². The van der Waals surface area contributed by atoms with Crippen LogP contribution < -0.4 is 19.5 Å². The summed E-state index contributed by atoms with van der Waals surface area (Å²) >= 11 is 6.53. The number of halogens is 1. The standard InChI is InChI=1S/C25H28ClN3O4/c1-30-18-3-4-23-21(11-18)20(22(26)14-28-23)6-7-29-8-9-31-19(15-29)13-27-12-17-2-5-24-25(10-17)33-16-32-24/h2-5,10-11,14,19,27H,6-9,12-13,15-16H2,1H3. The lowest BCUT2D eigenvalue weighted by Gasteiger charge is -2.33. The van der Waals surface area contributed by atoms with Gasteiger partial charge in [-0.1, -0.05) is 17.7 Å². The highest BCUT2D eigenvalue weighted by Crippen LogP contribution is 2.32. The molecule has 174 valence electrons. The Kier molecular flexibility index (Phi) is 6.83. The van der Waals surface area contributed by atoms with Gasteiger partial charge in [0.2, 0.25) is 6.79 Å². The van der Waals surface area contributed by atoms with Crippen LogP contribution in [0.4, 0.5) is 0 Å². The van der Waals surface area contributed by atoms with Gasteiger partial charge < -0.3 is 24.3 Å². The van der Waals surface area contributed by atoms with Crippen LogP contribution in [0.2, 0.25) is 5.02 Å². The van der Waals surface area contributed by atoms with Gasteiger partial charge in [0.25, 0.3) is 0 Å². The number of aromatic nitrogens is 1. The predicted octanol–water partition coefficient (Wildman–Crippen LogP) is 3.66. The normalized spacial score (nSPS) is 18.1. The Hall–Kier alpha value is -2.58. The van der Waals surface area contributed by atoms with E-state index in [2.05, 4.69) is 21.3 Å². The molecule has 1 unspecified atom stereocenters. The highest BCUT2D eigenvalue weighted by Gasteiger charge is 2.21. The third kappa shape index (κ3) is 5.17. The number of benzene rings is 2. The van der Waals surface area contributed by atoms with Gasteiger partial charge in [-0.3, -0.25) is 9.88 Å². The maximum atomic E-state index is 6.53. The molecule has 0 bridgehead atoms. The molecule has 1 N–H and O–H groups in total. The van der Waals surface area contributed by atoms with Crippen molar-refractivity contribution in [1.82, 2.24) is 15.2 Å². The van der Waals surface area contributed by atoms with Gasteiger partial charge in [-0.25, -0.2) is 0 Å². The van der Waals surface area contributed by atoms with Crippen LogP contribution in [0.1, 0.15) is 11.1 Å². The van der Waals surface area contributed by atoms with Crippen molar-refractivity contribution in [2.24, 2.45) is 0 Å². The Morgan fingerprint density at radius 1 is 1.18 bits per heavy atom. The first-order chi connectivity index (χ1) is 16.2. The fourth-order valence-corrected chi connectivity index (χ4v) is 4.63. The van der Waals surface area contributed by atoms with Gasteiger partial charge in [0.15, 0.2) is 11.5 Å². The minimum atomic E-state index is 0.150. The molecule has 1 saturated heterocycles. The van der Waals surface area contributed by atoms with Crippen LogP contribution >= 0.6 is 11.6 Å². The zero-order valence-corrected chi connectivity index (χ0v) is 19.4. The molecule has 1 fully saturated rings. The maximum Gasteiger partial charge on any atom is 0.231 e. The molecule has 2 aliphatic heterocycles. The Bertz CT molecular complexity index is 1130. The van der Waals surface area contributed by atoms with Crippen molar-refractivity contribution >= 4 is 22.5 Å². The van der Waals surface area contributed by atoms with Gasteiger partial charge in [-0.2, -0.15) is 0 Å². The lowest BCUT2D eigenvalue weighted by atomic mass is 10.1. The van der Waals surface area contributed by atoms with Crippen molar-refractivity contribution in [1.29, 1.82) is 0 Å². The van der Waals surface area contributed by atoms with Crippen LogP contribution in [0, 0.1) is 0 Å². The third-order valence-electron chi connectivity index (χ3n) is 6.17. The van der Waals surface area contributed by atoms with Crippen molar-refractivity contribution < 1.29 is 18.9 Å². The van der Waals surface area contributed by atoms with E-state index in [0.29, 0.717) is 11.8 Å². The first kappa shape index (κ1) is 22.2. The number of hydrogen-bond acceptors (Lipinski definition) is 7. The first-order valence-electron chi connectivity index (χ1n) is 11.2. The van der Waals surface area contributed by atoms with Gasteiger partial charge >= 0.3 is 0 Å². The Labute approximate surface area is 198 Å². The average Bonchev–Trinajstić information content (AvgIpc) is 3.31. The molecule has 2 aromatic carbocycles. The molecule has 0 radical (unpaired) electrons. The molecular weight excluding hydrogens is 442 g/mol. The second kappa shape index (κ2) is 10.1. The van der Waals surface area contributed by atoms with Crippen molar-refractivity contribution in [3.8, 4) is 17.2 Å². The summed E-state index contributed by atoms with van der Waals surface area (Å²) in [6.45, 7) is 5.30. The van der Waals surface area contributed by atoms with Gasteiger partial charge in [-0.15, -0.1) is 0 Å². The lowest BCUT2D eigenvalue weighted by molar-refractivity contribution is -0.0267. The van der Waals surface area contributed by atoms with Crippen LogP contribution in [0.5, 0.6) is 17.2 Å². The monoisotopic (exact) mass is 469 g/mol. The van der Waals surface area contributed by atoms with E-state index < -0.39 is 0 Å². The molecule has 0 aliphatic carbocycles. The maximum absolute atomic E-state index is 6.53. The number of methoxy groups -OCH3 is 1. The van der Waals surface area contributed by atoms with E-state index in [-0.39, 0.29) is 6.10 Å². The van der Waals surface area contributed by atoms with E-state index in [1.54, 1.807) is 13.3 Å². The predicted molar refractivity (Wildman–Crippen MR) is 127 cm³/mol. The van der Waals surface area contributed by atoms with E-state index in [0.717, 1.165) is 79.5 Å². The fourth-order valence-electron chi connectivity index (χ4n) is 4.39. The van der Waals surface area contributed by atoms with E-state index >= 15 is 0 Å². The molecule has 7 nitrogen and oxygen atoms in total. The van der Waals surface area contributed by atoms with Gasteiger partial charge in [-0.05, 0) is 47.9 Å². The van der Waals surface area contributed by atoms with Gasteiger partial charge in [0.05, 0.1) is 30.4 Å². The first-order valence-corrected chi connectivity index (χ1v) is 11.6. The minimum absolute atomic E-state index is 0.150. The number of morpholine rings is 1. The summed E-state index contributed by atoms with van der Waals surface area (Å²) in [5.74, 6) is 2.44. The van der Waals surface area contributed by atoms with Crippen molar-refractivity contribution in [2.75, 3.05) is 46.7 Å². The number of nitrogens with one attached hydrogen (secondary N) is 1. The molecule has 1 atom stereocenters. The number of nitrogens with zero attached hydrogens (tertiary/aromatic N) is 2. The second-order valence-electron chi connectivity index (χ2n) is 8.33. The SMILES string of the molecule is COc1ccc2ncc(Cl)c(CCN3CCOC(CNCc4ccc5c(c4)OCO5)C3)c2c1. The molecule has 1 aromatic heterocycles. The number of hydrogen-bond donors (Lipinski definition) is 1. The topological polar surface area (TPSA) is 65.1 Å². The fraction of sp³-hybridized carbons (Fsp3) is 0.400. The summed E-state index contributed by atoms with van der Waals surface area (Å²) in [7, 11) is 1.67. The summed E-state index contributed by atoms with van der Waals surface area (Å²) in [5.41, 5.74) is 3.22. The molecule has 3 aromatic rings. The summed E-state index contributed by atoms with van der Waals surface area (Å²) in [4.78, 5) is 6.90. The van der Waals surface area contributed by atoms with Crippen molar-refractivity contribution in [3.63, 3.8) is 0 Å². The number of rotatable bonds is 8. The molecule has 2 aliphatic rings. The van der Waals surface area contributed by atoms with Crippen LogP contribution in [-0.2, 0) is 17.7 Å². The number of pyridine rings is 1. The number of ether oxygens (including phenoxy) is 4. The van der Waals surface area contributed by atoms with Crippen LogP contribution in [0.25, 0.3) is 10.9 Å². The van der Waals surface area contributed by atoms with E-state index in [4.69, 9.17) is 30.5 Å². The highest BCUT2D eigenvalue weighted by molar-refractivity contribution is 6.32. The zero-order valence-electron chi connectivity index (χ0n) is 18.7. The molecule has 33 heavy (non-hydrogen) atoms. The summed E-state index contributed by atoms with van der Waals surface area (Å²) in [5, 5.41) is 5.26. The van der Waals surface area contributed by atoms with E-state index in [9.17, 15) is 0 Å². The molecular formula is C25H28ClN3O4. The molecule has 0 spiro atoms. The molecule has 0 amide bonds. The average molecular weight is 470 g/mol. The van der Waals surface area contributed by atoms with E-state index in [1.807, 2.05) is 30.3 Å². The van der Waals surface area contributed by atoms with Crippen LogP contribution in [0.3, 0.4) is 0 Å². The van der Waals surface area contributed by atoms with E-state index in [1.165, 1.54) is 5.56 Å². The van der Waals surface area contributed by atoms with Crippen molar-refractivity contribution in [3.05, 3.63) is 58.7 Å².